The molecule has 1 saturated heterocycles. The molecular weight excluding hydrogens is 386 g/mol. The molecule has 0 spiro atoms. The highest BCUT2D eigenvalue weighted by Gasteiger charge is 2.18. The molecule has 7 nitrogen and oxygen atoms in total. The lowest BCUT2D eigenvalue weighted by Crippen LogP contribution is -2.36. The Hall–Kier alpha value is -1.61. The minimum Gasteiger partial charge on any atom is -0.379 e. The third kappa shape index (κ3) is 5.44. The highest BCUT2D eigenvalue weighted by molar-refractivity contribution is 7.99. The number of anilines is 1. The first-order valence-corrected chi connectivity index (χ1v) is 10.3. The molecular formula is C18H24ClN5O2S. The first-order chi connectivity index (χ1) is 13.1. The summed E-state index contributed by atoms with van der Waals surface area (Å²) in [5.41, 5.74) is 1.71. The standard InChI is InChI=1S/C18H24ClN5O2S/c1-3-24-16(11-23-6-8-26-9-7-23)21-22-18(24)27-12-17(25)20-15-10-14(19)5-4-13(15)2/h4-5,10H,3,6-9,11-12H2,1-2H3,(H,20,25). The number of hydrogen-bond donors (Lipinski definition) is 1. The van der Waals surface area contributed by atoms with Crippen molar-refractivity contribution in [1.82, 2.24) is 19.7 Å². The lowest BCUT2D eigenvalue weighted by atomic mass is 10.2. The van der Waals surface area contributed by atoms with Gasteiger partial charge < -0.3 is 14.6 Å². The van der Waals surface area contributed by atoms with E-state index in [-0.39, 0.29) is 11.7 Å². The second kappa shape index (κ2) is 9.54. The predicted octanol–water partition coefficient (Wildman–Crippen LogP) is 2.82. The molecule has 0 radical (unpaired) electrons. The number of aromatic nitrogens is 3. The van der Waals surface area contributed by atoms with Crippen molar-refractivity contribution < 1.29 is 9.53 Å². The minimum atomic E-state index is -0.0919. The van der Waals surface area contributed by atoms with Crippen LogP contribution >= 0.6 is 23.4 Å². The van der Waals surface area contributed by atoms with E-state index in [1.165, 1.54) is 11.8 Å². The van der Waals surface area contributed by atoms with Crippen LogP contribution in [-0.4, -0.2) is 57.6 Å². The van der Waals surface area contributed by atoms with Crippen molar-refractivity contribution in [3.63, 3.8) is 0 Å². The van der Waals surface area contributed by atoms with Gasteiger partial charge in [0.25, 0.3) is 0 Å². The largest absolute Gasteiger partial charge is 0.379 e. The Morgan fingerprint density at radius 2 is 2.11 bits per heavy atom. The Morgan fingerprint density at radius 3 is 2.85 bits per heavy atom. The second-order valence-electron chi connectivity index (χ2n) is 6.33. The fourth-order valence-corrected chi connectivity index (χ4v) is 3.86. The SMILES string of the molecule is CCn1c(CN2CCOCC2)nnc1SCC(=O)Nc1cc(Cl)ccc1C. The van der Waals surface area contributed by atoms with Crippen molar-refractivity contribution in [3.05, 3.63) is 34.6 Å². The average Bonchev–Trinajstić information content (AvgIpc) is 3.05. The molecule has 2 aromatic rings. The molecule has 1 amide bonds. The summed E-state index contributed by atoms with van der Waals surface area (Å²) in [7, 11) is 0. The molecule has 27 heavy (non-hydrogen) atoms. The van der Waals surface area contributed by atoms with Gasteiger partial charge in [0, 0.05) is 30.3 Å². The normalized spacial score (nSPS) is 15.1. The number of nitrogens with one attached hydrogen (secondary N) is 1. The molecule has 146 valence electrons. The van der Waals surface area contributed by atoms with Gasteiger partial charge in [-0.1, -0.05) is 29.4 Å². The molecule has 0 bridgehead atoms. The van der Waals surface area contributed by atoms with Gasteiger partial charge in [0.05, 0.1) is 25.5 Å². The number of amides is 1. The number of hydrogen-bond acceptors (Lipinski definition) is 6. The van der Waals surface area contributed by atoms with Gasteiger partial charge in [0.15, 0.2) is 5.16 Å². The summed E-state index contributed by atoms with van der Waals surface area (Å²) in [6.07, 6.45) is 0. The molecule has 2 heterocycles. The predicted molar refractivity (Wildman–Crippen MR) is 107 cm³/mol. The van der Waals surface area contributed by atoms with Crippen molar-refractivity contribution >= 4 is 35.0 Å². The first kappa shape index (κ1) is 20.1. The minimum absolute atomic E-state index is 0.0919. The van der Waals surface area contributed by atoms with Crippen LogP contribution in [0.3, 0.4) is 0 Å². The summed E-state index contributed by atoms with van der Waals surface area (Å²) in [6, 6.07) is 5.45. The average molecular weight is 410 g/mol. The van der Waals surface area contributed by atoms with E-state index in [1.54, 1.807) is 12.1 Å². The molecule has 3 rings (SSSR count). The molecule has 0 atom stereocenters. The van der Waals surface area contributed by atoms with Crippen molar-refractivity contribution in [3.8, 4) is 0 Å². The van der Waals surface area contributed by atoms with E-state index in [0.717, 1.165) is 61.6 Å². The number of ether oxygens (including phenoxy) is 1. The summed E-state index contributed by atoms with van der Waals surface area (Å²) < 4.78 is 7.45. The van der Waals surface area contributed by atoms with Crippen LogP contribution in [0.15, 0.2) is 23.4 Å². The molecule has 9 heteroatoms. The van der Waals surface area contributed by atoms with Crippen LogP contribution < -0.4 is 5.32 Å². The van der Waals surface area contributed by atoms with Crippen molar-refractivity contribution in [2.24, 2.45) is 0 Å². The van der Waals surface area contributed by atoms with Gasteiger partial charge >= 0.3 is 0 Å². The Labute approximate surface area is 168 Å². The van der Waals surface area contributed by atoms with E-state index in [2.05, 4.69) is 31.9 Å². The van der Waals surface area contributed by atoms with E-state index in [4.69, 9.17) is 16.3 Å². The summed E-state index contributed by atoms with van der Waals surface area (Å²) in [6.45, 7) is 8.83. The highest BCUT2D eigenvalue weighted by atomic mass is 35.5. The van der Waals surface area contributed by atoms with Crippen molar-refractivity contribution in [1.29, 1.82) is 0 Å². The Bertz CT molecular complexity index is 792. The third-order valence-corrected chi connectivity index (χ3v) is 5.59. The lowest BCUT2D eigenvalue weighted by molar-refractivity contribution is -0.113. The molecule has 1 aliphatic rings. The van der Waals surface area contributed by atoms with Crippen LogP contribution in [0.4, 0.5) is 5.69 Å². The maximum absolute atomic E-state index is 12.3. The molecule has 0 saturated carbocycles. The number of thioether (sulfide) groups is 1. The van der Waals surface area contributed by atoms with Gasteiger partial charge in [0.1, 0.15) is 5.82 Å². The fraction of sp³-hybridized carbons (Fsp3) is 0.500. The second-order valence-corrected chi connectivity index (χ2v) is 7.71. The Balaban J connectivity index is 1.58. The number of morpholine rings is 1. The van der Waals surface area contributed by atoms with Gasteiger partial charge in [-0.05, 0) is 31.5 Å². The molecule has 0 aliphatic carbocycles. The van der Waals surface area contributed by atoms with E-state index in [1.807, 2.05) is 13.0 Å². The quantitative estimate of drug-likeness (QED) is 0.709. The summed E-state index contributed by atoms with van der Waals surface area (Å²) in [4.78, 5) is 14.6. The van der Waals surface area contributed by atoms with E-state index in [9.17, 15) is 4.79 Å². The number of carbonyl (C=O) groups excluding carboxylic acids is 1. The highest BCUT2D eigenvalue weighted by Crippen LogP contribution is 2.22. The van der Waals surface area contributed by atoms with Crippen molar-refractivity contribution in [2.45, 2.75) is 32.1 Å². The van der Waals surface area contributed by atoms with Crippen LogP contribution in [0.5, 0.6) is 0 Å². The molecule has 1 aromatic carbocycles. The van der Waals surface area contributed by atoms with Gasteiger partial charge in [-0.2, -0.15) is 0 Å². The van der Waals surface area contributed by atoms with Crippen molar-refractivity contribution in [2.75, 3.05) is 37.4 Å². The van der Waals surface area contributed by atoms with Gasteiger partial charge in [-0.25, -0.2) is 0 Å². The summed E-state index contributed by atoms with van der Waals surface area (Å²) in [5, 5.41) is 12.9. The van der Waals surface area contributed by atoms with Gasteiger partial charge in [0.2, 0.25) is 5.91 Å². The number of nitrogens with zero attached hydrogens (tertiary/aromatic N) is 4. The molecule has 1 N–H and O–H groups in total. The monoisotopic (exact) mass is 409 g/mol. The lowest BCUT2D eigenvalue weighted by Gasteiger charge is -2.26. The maximum Gasteiger partial charge on any atom is 0.234 e. The van der Waals surface area contributed by atoms with Gasteiger partial charge in [-0.3, -0.25) is 9.69 Å². The summed E-state index contributed by atoms with van der Waals surface area (Å²) in [5.74, 6) is 1.10. The number of halogens is 1. The Kier molecular flexibility index (Phi) is 7.12. The number of carbonyl (C=O) groups is 1. The number of benzene rings is 1. The zero-order valence-corrected chi connectivity index (χ0v) is 17.1. The molecule has 1 fully saturated rings. The zero-order chi connectivity index (χ0) is 19.2. The van der Waals surface area contributed by atoms with Crippen LogP contribution in [0.25, 0.3) is 0 Å². The van der Waals surface area contributed by atoms with E-state index >= 15 is 0 Å². The first-order valence-electron chi connectivity index (χ1n) is 8.97. The topological polar surface area (TPSA) is 72.3 Å². The zero-order valence-electron chi connectivity index (χ0n) is 15.6. The van der Waals surface area contributed by atoms with E-state index < -0.39 is 0 Å². The Morgan fingerprint density at radius 1 is 1.33 bits per heavy atom. The molecule has 0 unspecified atom stereocenters. The fourth-order valence-electron chi connectivity index (χ4n) is 2.86. The number of aryl methyl sites for hydroxylation is 1. The smallest absolute Gasteiger partial charge is 0.234 e. The molecule has 1 aromatic heterocycles. The third-order valence-electron chi connectivity index (χ3n) is 4.38. The van der Waals surface area contributed by atoms with Crippen LogP contribution in [0.1, 0.15) is 18.3 Å². The van der Waals surface area contributed by atoms with Crippen LogP contribution in [0, 0.1) is 6.92 Å². The van der Waals surface area contributed by atoms with Crippen LogP contribution in [-0.2, 0) is 22.6 Å². The van der Waals surface area contributed by atoms with Crippen LogP contribution in [0.2, 0.25) is 5.02 Å². The number of rotatable bonds is 7. The van der Waals surface area contributed by atoms with Gasteiger partial charge in [-0.15, -0.1) is 10.2 Å². The maximum atomic E-state index is 12.3. The molecule has 1 aliphatic heterocycles. The summed E-state index contributed by atoms with van der Waals surface area (Å²) >= 11 is 7.40. The van der Waals surface area contributed by atoms with E-state index in [0.29, 0.717) is 5.02 Å².